The molecule has 11 rings (SSSR count). The number of aliphatic carboxylic acids is 1. The van der Waals surface area contributed by atoms with Crippen molar-refractivity contribution in [3.63, 3.8) is 0 Å². The highest BCUT2D eigenvalue weighted by Crippen LogP contribution is 2.75. The number of carbonyl (C=O) groups is 5. The second-order valence-corrected chi connectivity index (χ2v) is 31.9. The molecule has 7 unspecified atom stereocenters. The summed E-state index contributed by atoms with van der Waals surface area (Å²) in [5.41, 5.74) is -2.86. The Labute approximate surface area is 588 Å². The molecule has 4 saturated carbocycles. The summed E-state index contributed by atoms with van der Waals surface area (Å²) < 4.78 is 83.9. The third-order valence-electron chi connectivity index (χ3n) is 25.0. The average molecular weight is 1470 g/mol. The van der Waals surface area contributed by atoms with Gasteiger partial charge in [0.15, 0.2) is 49.8 Å². The van der Waals surface area contributed by atoms with Crippen LogP contribution in [0.4, 0.5) is 0 Å². The topological polar surface area (TPSA) is 518 Å². The fourth-order valence-electron chi connectivity index (χ4n) is 19.6. The van der Waals surface area contributed by atoms with Crippen molar-refractivity contribution in [2.45, 2.75) is 305 Å². The molecule has 580 valence electrons. The number of carbonyl (C=O) groups excluding carboxylic acids is 4. The number of rotatable bonds is 18. The fraction of sp³-hybridized carbons (Fsp3) is 0.897. The average Bonchev–Trinajstić information content (AvgIpc) is 0.732. The molecule has 10 fully saturated rings. The number of hydrogen-bond acceptors (Lipinski definition) is 33. The van der Waals surface area contributed by atoms with Crippen molar-refractivity contribution in [3.05, 3.63) is 11.6 Å². The van der Waals surface area contributed by atoms with Crippen molar-refractivity contribution in [2.75, 3.05) is 19.8 Å². The minimum Gasteiger partial charge on any atom is -0.479 e. The van der Waals surface area contributed by atoms with E-state index in [4.69, 9.17) is 66.3 Å². The van der Waals surface area contributed by atoms with Crippen LogP contribution in [0.3, 0.4) is 0 Å². The highest BCUT2D eigenvalue weighted by atomic mass is 16.8. The van der Waals surface area contributed by atoms with E-state index in [0.29, 0.717) is 32.1 Å². The first-order valence-corrected chi connectivity index (χ1v) is 35.3. The molecule has 0 spiro atoms. The van der Waals surface area contributed by atoms with Gasteiger partial charge in [-0.1, -0.05) is 53.2 Å². The first-order chi connectivity index (χ1) is 47.7. The van der Waals surface area contributed by atoms with E-state index in [-0.39, 0.29) is 25.2 Å². The van der Waals surface area contributed by atoms with E-state index in [9.17, 15) is 95.8 Å². The summed E-state index contributed by atoms with van der Waals surface area (Å²) >= 11 is 0. The van der Waals surface area contributed by atoms with Gasteiger partial charge in [-0.2, -0.15) is 0 Å². The number of aliphatic hydroxyl groups excluding tert-OH is 14. The van der Waals surface area contributed by atoms with Gasteiger partial charge in [0.25, 0.3) is 0 Å². The molecule has 15 N–H and O–H groups in total. The Balaban J connectivity index is 0.863. The predicted molar refractivity (Wildman–Crippen MR) is 335 cm³/mol. The smallest absolute Gasteiger partial charge is 0.335 e. The number of fused-ring (bicyclic) bond motifs is 7. The molecule has 0 amide bonds. The molecule has 0 radical (unpaired) electrons. The summed E-state index contributed by atoms with van der Waals surface area (Å²) in [6.07, 6.45) is -45.5. The molecule has 6 aliphatic heterocycles. The van der Waals surface area contributed by atoms with Crippen LogP contribution in [0, 0.1) is 56.7 Å². The monoisotopic (exact) mass is 1460 g/mol. The van der Waals surface area contributed by atoms with Crippen molar-refractivity contribution in [1.29, 1.82) is 0 Å². The summed E-state index contributed by atoms with van der Waals surface area (Å²) in [5.74, 6) is -6.98. The summed E-state index contributed by atoms with van der Waals surface area (Å²) in [4.78, 5) is 67.0. The molecular formula is C68H104O34. The van der Waals surface area contributed by atoms with Gasteiger partial charge in [0.2, 0.25) is 6.29 Å². The van der Waals surface area contributed by atoms with E-state index in [1.165, 1.54) is 13.8 Å². The quantitative estimate of drug-likeness (QED) is 0.0206. The van der Waals surface area contributed by atoms with Gasteiger partial charge in [0.05, 0.1) is 49.0 Å². The molecular weight excluding hydrogens is 1360 g/mol. The number of allylic oxidation sites excluding steroid dienone is 2. The Morgan fingerprint density at radius 3 is 1.77 bits per heavy atom. The van der Waals surface area contributed by atoms with Crippen LogP contribution in [-0.4, -0.2) is 311 Å². The Morgan fingerprint density at radius 1 is 0.549 bits per heavy atom. The summed E-state index contributed by atoms with van der Waals surface area (Å²) in [6.45, 7) is 15.5. The molecule has 5 aliphatic carbocycles. The number of ether oxygens (including phenoxy) is 14. The van der Waals surface area contributed by atoms with E-state index in [1.807, 2.05) is 13.8 Å². The molecule has 34 nitrogen and oxygen atoms in total. The highest BCUT2D eigenvalue weighted by molar-refractivity contribution is 5.74. The van der Waals surface area contributed by atoms with Crippen LogP contribution < -0.4 is 0 Å². The van der Waals surface area contributed by atoms with Crippen LogP contribution in [0.2, 0.25) is 0 Å². The van der Waals surface area contributed by atoms with Gasteiger partial charge in [-0.15, -0.1) is 0 Å². The standard InChI is InChI=1S/C68H104O34/c1-24-50(97-58-46(82)39(75)32(74)21-90-58)45(81)49(85)59(91-24)101-55-54(100-60-47(83)41(77)34(95-60)22-89-26(3)71)51(93-27(4)72)25(2)92-63(55)102-57(88)29-18-64(5,6)17-28-30-11-12-36-65(7)15-14-37(66(8,23-70)35(65)13-16-67(36,9)68(30,10)19-31(73)38(28)29)96-62-53(44(80)43(79)52(98-62)56(86)87)99-61-48(84)42(78)40(76)33(20-69)94-61/h11,23-25,28-29,31-55,58-63,69,73-85H,12-22H2,1-10H3,(H,86,87)/t24?,25-,28?,29?,31+,32+,33-,34-,35?,36?,37+,38?,39+,40+,41-,42+,43?,44+,45+,46-,47+,48-,49-,50+,51+,52+,53-,54+,55-,58+,59+,60+,61+,62-,63+,65+,66+,67-,68-/m1/s1. The van der Waals surface area contributed by atoms with E-state index in [0.717, 1.165) is 25.7 Å². The van der Waals surface area contributed by atoms with Crippen LogP contribution >= 0.6 is 0 Å². The molecule has 34 heteroatoms. The number of aldehydes is 1. The lowest BCUT2D eigenvalue weighted by Gasteiger charge is -2.71. The highest BCUT2D eigenvalue weighted by Gasteiger charge is 2.71. The van der Waals surface area contributed by atoms with Gasteiger partial charge < -0.3 is 148 Å². The van der Waals surface area contributed by atoms with Gasteiger partial charge in [-0.25, -0.2) is 4.79 Å². The molecule has 0 aromatic heterocycles. The maximum Gasteiger partial charge on any atom is 0.335 e. The van der Waals surface area contributed by atoms with Crippen LogP contribution in [0.1, 0.15) is 121 Å². The molecule has 0 bridgehead atoms. The first kappa shape index (κ1) is 79.3. The zero-order valence-electron chi connectivity index (χ0n) is 58.6. The van der Waals surface area contributed by atoms with E-state index >= 15 is 4.79 Å². The predicted octanol–water partition coefficient (Wildman–Crippen LogP) is -3.81. The summed E-state index contributed by atoms with van der Waals surface area (Å²) in [7, 11) is 0. The zero-order valence-corrected chi connectivity index (χ0v) is 58.6. The van der Waals surface area contributed by atoms with E-state index in [2.05, 4.69) is 26.8 Å². The van der Waals surface area contributed by atoms with Crippen molar-refractivity contribution in [2.24, 2.45) is 56.7 Å². The van der Waals surface area contributed by atoms with Crippen LogP contribution in [0.25, 0.3) is 0 Å². The minimum atomic E-state index is -2.12. The first-order valence-electron chi connectivity index (χ1n) is 35.3. The number of esters is 3. The fourth-order valence-corrected chi connectivity index (χ4v) is 19.6. The van der Waals surface area contributed by atoms with E-state index in [1.54, 1.807) is 6.92 Å². The van der Waals surface area contributed by atoms with Crippen molar-refractivity contribution in [1.82, 2.24) is 0 Å². The lowest BCUT2D eigenvalue weighted by atomic mass is 9.34. The van der Waals surface area contributed by atoms with Crippen LogP contribution in [0.15, 0.2) is 11.6 Å². The van der Waals surface area contributed by atoms with Crippen LogP contribution in [-0.2, 0) is 90.3 Å². The SMILES string of the molecule is CC(=O)OC[C@H]1O[C@@H](O[C@H]2[C@@H](OC(C)=O)[C@@H](C)O[C@@H](OC(=O)C3CC(C)(C)CC4C5=CCC6[C@@]7(C)CC[C@H](O[C@@H]8O[C@H](C(=O)O)C(O)[C@H](O)[C@H]8O[C@@H]8O[C@H](CO)[C@H](O)[C@H](O)[C@H]8O)[C@@](C)(C=O)C7CC[C@@]6(C)[C@]5(C)C[C@H](O)C34)[C@@H]2O[C@@H]2OC(C)[C@H](O[C@@H]3OC[C@H](O)[C@H](O)[C@H]3O)[C@@H](O)[C@H]2O)[C@@H](O)[C@@H]1O. The van der Waals surface area contributed by atoms with E-state index < -0.39 is 279 Å². The maximum absolute atomic E-state index is 15.7. The Hall–Kier alpha value is -3.71. The third-order valence-corrected chi connectivity index (χ3v) is 25.0. The second kappa shape index (κ2) is 30.0. The van der Waals surface area contributed by atoms with Crippen molar-refractivity contribution >= 4 is 30.2 Å². The van der Waals surface area contributed by atoms with Crippen molar-refractivity contribution in [3.8, 4) is 0 Å². The second-order valence-electron chi connectivity index (χ2n) is 31.9. The molecule has 6 saturated heterocycles. The minimum absolute atomic E-state index is 0.149. The summed E-state index contributed by atoms with van der Waals surface area (Å²) in [5, 5.41) is 165. The zero-order chi connectivity index (χ0) is 74.7. The number of carboxylic acid groups (broad SMARTS) is 1. The lowest BCUT2D eigenvalue weighted by Crippen LogP contribution is -2.68. The Morgan fingerprint density at radius 2 is 1.13 bits per heavy atom. The van der Waals surface area contributed by atoms with Gasteiger partial charge in [-0.05, 0) is 105 Å². The number of hydrogen-bond donors (Lipinski definition) is 15. The van der Waals surface area contributed by atoms with Crippen molar-refractivity contribution < 1.29 is 167 Å². The van der Waals surface area contributed by atoms with Gasteiger partial charge in [-0.3, -0.25) is 14.4 Å². The molecule has 102 heavy (non-hydrogen) atoms. The number of aliphatic hydroxyl groups is 14. The molecule has 39 atom stereocenters. The molecule has 11 aliphatic rings. The third kappa shape index (κ3) is 14.2. The van der Waals surface area contributed by atoms with Gasteiger partial charge in [0.1, 0.15) is 117 Å². The summed E-state index contributed by atoms with van der Waals surface area (Å²) in [6, 6.07) is 0. The lowest BCUT2D eigenvalue weighted by molar-refractivity contribution is -0.382. The van der Waals surface area contributed by atoms with Gasteiger partial charge >= 0.3 is 23.9 Å². The molecule has 0 aromatic carbocycles. The Bertz CT molecular complexity index is 3030. The Kier molecular flexibility index (Phi) is 23.4. The van der Waals surface area contributed by atoms with Gasteiger partial charge in [0, 0.05) is 19.8 Å². The largest absolute Gasteiger partial charge is 0.479 e. The molecule has 6 heterocycles. The normalized spacial score (nSPS) is 52.2. The number of carboxylic acids is 1. The molecule has 0 aromatic rings. The van der Waals surface area contributed by atoms with Crippen LogP contribution in [0.5, 0.6) is 0 Å². The maximum atomic E-state index is 15.7.